The van der Waals surface area contributed by atoms with Crippen molar-refractivity contribution in [3.63, 3.8) is 0 Å². The van der Waals surface area contributed by atoms with Gasteiger partial charge >= 0.3 is 0 Å². The largest absolute Gasteiger partial charge is 0.496 e. The van der Waals surface area contributed by atoms with Crippen LogP contribution in [-0.2, 0) is 16.8 Å². The normalized spacial score (nSPS) is 13.0. The van der Waals surface area contributed by atoms with Crippen molar-refractivity contribution in [2.24, 2.45) is 0 Å². The van der Waals surface area contributed by atoms with Crippen LogP contribution in [0.5, 0.6) is 17.2 Å². The Bertz CT molecular complexity index is 493. The van der Waals surface area contributed by atoms with Gasteiger partial charge in [0.25, 0.3) is 0 Å². The molecule has 0 saturated heterocycles. The van der Waals surface area contributed by atoms with Gasteiger partial charge in [-0.1, -0.05) is 0 Å². The van der Waals surface area contributed by atoms with Gasteiger partial charge in [-0.3, -0.25) is 0 Å². The van der Waals surface area contributed by atoms with Crippen LogP contribution in [0.3, 0.4) is 0 Å². The zero-order valence-corrected chi connectivity index (χ0v) is 16.1. The van der Waals surface area contributed by atoms with Gasteiger partial charge in [-0.15, -0.1) is 0 Å². The van der Waals surface area contributed by atoms with Gasteiger partial charge in [0, 0.05) is 0 Å². The Labute approximate surface area is 144 Å². The molecule has 0 spiro atoms. The second-order valence-electron chi connectivity index (χ2n) is 7.40. The van der Waals surface area contributed by atoms with Gasteiger partial charge in [-0.2, -0.15) is 0 Å². The molecule has 0 fully saturated rings. The molecule has 138 valence electrons. The number of ether oxygens (including phenoxy) is 3. The van der Waals surface area contributed by atoms with Gasteiger partial charge in [-0.25, -0.2) is 0 Å². The van der Waals surface area contributed by atoms with E-state index in [1.807, 2.05) is 0 Å². The molecule has 6 heteroatoms. The zero-order chi connectivity index (χ0) is 19.1. The van der Waals surface area contributed by atoms with Crippen molar-refractivity contribution in [1.29, 1.82) is 0 Å². The van der Waals surface area contributed by atoms with E-state index in [1.165, 1.54) is 21.3 Å². The third-order valence-corrected chi connectivity index (χ3v) is 3.81. The molecule has 1 aromatic carbocycles. The lowest BCUT2D eigenvalue weighted by atomic mass is 9.81. The number of rotatable bonds is 6. The van der Waals surface area contributed by atoms with Crippen LogP contribution in [0.15, 0.2) is 0 Å². The molecule has 0 radical (unpaired) electrons. The second-order valence-corrected chi connectivity index (χ2v) is 7.40. The molecule has 1 aromatic rings. The highest BCUT2D eigenvalue weighted by Crippen LogP contribution is 2.53. The average molecular weight is 342 g/mol. The van der Waals surface area contributed by atoms with Crippen molar-refractivity contribution >= 4 is 0 Å². The monoisotopic (exact) mass is 342 g/mol. The standard InChI is InChI=1S/C18H30O6/c1-16(2,19)10-13(22-7)11(17(3,4)20)15(24-9)12(14(10)23-8)18(5,6)21/h19-21H,1-9H3. The van der Waals surface area contributed by atoms with Crippen LogP contribution in [0.4, 0.5) is 0 Å². The maximum absolute atomic E-state index is 10.7. The Morgan fingerprint density at radius 3 is 0.750 bits per heavy atom. The number of aliphatic hydroxyl groups is 3. The summed E-state index contributed by atoms with van der Waals surface area (Å²) in [6.07, 6.45) is 0. The Balaban J connectivity index is 4.27. The summed E-state index contributed by atoms with van der Waals surface area (Å²) in [5.41, 5.74) is -3.03. The molecule has 0 amide bonds. The van der Waals surface area contributed by atoms with E-state index in [-0.39, 0.29) is 17.2 Å². The van der Waals surface area contributed by atoms with Crippen LogP contribution >= 0.6 is 0 Å². The SMILES string of the molecule is COc1c(C(C)(C)O)c(OC)c(C(C)(C)O)c(OC)c1C(C)(C)O. The fourth-order valence-corrected chi connectivity index (χ4v) is 2.96. The molecule has 1 rings (SSSR count). The molecule has 0 atom stereocenters. The molecule has 6 nitrogen and oxygen atoms in total. The number of benzene rings is 1. The van der Waals surface area contributed by atoms with Crippen molar-refractivity contribution < 1.29 is 29.5 Å². The van der Waals surface area contributed by atoms with E-state index in [1.54, 1.807) is 41.5 Å². The number of hydrogen-bond acceptors (Lipinski definition) is 6. The second kappa shape index (κ2) is 6.43. The molecule has 0 bridgehead atoms. The molecule has 0 aromatic heterocycles. The highest BCUT2D eigenvalue weighted by Gasteiger charge is 2.41. The summed E-state index contributed by atoms with van der Waals surface area (Å²) in [5, 5.41) is 32.1. The third kappa shape index (κ3) is 3.61. The van der Waals surface area contributed by atoms with Crippen molar-refractivity contribution in [3.8, 4) is 17.2 Å². The fraction of sp³-hybridized carbons (Fsp3) is 0.667. The highest BCUT2D eigenvalue weighted by molar-refractivity contribution is 5.67. The zero-order valence-electron chi connectivity index (χ0n) is 16.1. The summed E-state index contributed by atoms with van der Waals surface area (Å²) >= 11 is 0. The smallest absolute Gasteiger partial charge is 0.138 e. The van der Waals surface area contributed by atoms with Gasteiger partial charge < -0.3 is 29.5 Å². The predicted molar refractivity (Wildman–Crippen MR) is 91.8 cm³/mol. The van der Waals surface area contributed by atoms with Crippen LogP contribution in [-0.4, -0.2) is 36.6 Å². The Kier molecular flexibility index (Phi) is 5.50. The molecule has 3 N–H and O–H groups in total. The lowest BCUT2D eigenvalue weighted by molar-refractivity contribution is 0.0525. The quantitative estimate of drug-likeness (QED) is 0.736. The van der Waals surface area contributed by atoms with E-state index in [2.05, 4.69) is 0 Å². The van der Waals surface area contributed by atoms with Crippen molar-refractivity contribution in [2.75, 3.05) is 21.3 Å². The van der Waals surface area contributed by atoms with Gasteiger partial charge in [0.05, 0.1) is 54.8 Å². The Morgan fingerprint density at radius 1 is 0.500 bits per heavy atom. The molecule has 0 heterocycles. The van der Waals surface area contributed by atoms with Crippen LogP contribution in [0, 0.1) is 0 Å². The lowest BCUT2D eigenvalue weighted by Gasteiger charge is -2.35. The molecule has 0 aliphatic carbocycles. The van der Waals surface area contributed by atoms with Gasteiger partial charge in [0.15, 0.2) is 0 Å². The predicted octanol–water partition coefficient (Wildman–Crippen LogP) is 2.39. The van der Waals surface area contributed by atoms with Crippen LogP contribution in [0.2, 0.25) is 0 Å². The van der Waals surface area contributed by atoms with E-state index in [0.717, 1.165) is 0 Å². The summed E-state index contributed by atoms with van der Waals surface area (Å²) in [4.78, 5) is 0. The third-order valence-electron chi connectivity index (χ3n) is 3.81. The van der Waals surface area contributed by atoms with E-state index in [9.17, 15) is 15.3 Å². The van der Waals surface area contributed by atoms with Crippen LogP contribution in [0.1, 0.15) is 58.2 Å². The topological polar surface area (TPSA) is 88.4 Å². The maximum Gasteiger partial charge on any atom is 0.138 e. The van der Waals surface area contributed by atoms with Crippen LogP contribution in [0.25, 0.3) is 0 Å². The first-order chi connectivity index (χ1) is 10.7. The van der Waals surface area contributed by atoms with Crippen molar-refractivity contribution in [3.05, 3.63) is 16.7 Å². The molecular weight excluding hydrogens is 312 g/mol. The summed E-state index contributed by atoms with van der Waals surface area (Å²) in [5.74, 6) is 0.783. The van der Waals surface area contributed by atoms with Crippen LogP contribution < -0.4 is 14.2 Å². The van der Waals surface area contributed by atoms with Crippen molar-refractivity contribution in [1.82, 2.24) is 0 Å². The van der Waals surface area contributed by atoms with E-state index in [4.69, 9.17) is 14.2 Å². The highest BCUT2D eigenvalue weighted by atomic mass is 16.5. The van der Waals surface area contributed by atoms with E-state index >= 15 is 0 Å². The Morgan fingerprint density at radius 2 is 0.667 bits per heavy atom. The summed E-state index contributed by atoms with van der Waals surface area (Å²) < 4.78 is 16.6. The maximum atomic E-state index is 10.7. The average Bonchev–Trinajstić information content (AvgIpc) is 2.40. The summed E-state index contributed by atoms with van der Waals surface area (Å²) in [6.45, 7) is 9.51. The fourth-order valence-electron chi connectivity index (χ4n) is 2.96. The minimum absolute atomic E-state index is 0.261. The van der Waals surface area contributed by atoms with Gasteiger partial charge in [0.1, 0.15) is 17.2 Å². The molecule has 0 aliphatic rings. The summed E-state index contributed by atoms with van der Waals surface area (Å²) in [6, 6.07) is 0. The molecule has 24 heavy (non-hydrogen) atoms. The first-order valence-electron chi connectivity index (χ1n) is 7.76. The van der Waals surface area contributed by atoms with E-state index < -0.39 is 16.8 Å². The summed E-state index contributed by atoms with van der Waals surface area (Å²) in [7, 11) is 4.34. The van der Waals surface area contributed by atoms with Crippen molar-refractivity contribution in [2.45, 2.75) is 58.3 Å². The Hall–Kier alpha value is -1.50. The molecule has 0 saturated carbocycles. The first kappa shape index (κ1) is 20.5. The number of methoxy groups -OCH3 is 3. The molecular formula is C18H30O6. The molecule has 0 aliphatic heterocycles. The number of hydrogen-bond donors (Lipinski definition) is 3. The van der Waals surface area contributed by atoms with E-state index in [0.29, 0.717) is 16.7 Å². The lowest BCUT2D eigenvalue weighted by Crippen LogP contribution is -2.28. The van der Waals surface area contributed by atoms with Gasteiger partial charge in [-0.05, 0) is 41.5 Å². The van der Waals surface area contributed by atoms with Gasteiger partial charge in [0.2, 0.25) is 0 Å². The minimum Gasteiger partial charge on any atom is -0.496 e. The minimum atomic E-state index is -1.34. The first-order valence-corrected chi connectivity index (χ1v) is 7.76. The molecule has 0 unspecified atom stereocenters.